The highest BCUT2D eigenvalue weighted by atomic mass is 16.5. The quantitative estimate of drug-likeness (QED) is 0.765. The van der Waals surface area contributed by atoms with Crippen molar-refractivity contribution >= 4 is 11.6 Å². The fourth-order valence-electron chi connectivity index (χ4n) is 2.33. The predicted molar refractivity (Wildman–Crippen MR) is 82.0 cm³/mol. The van der Waals surface area contributed by atoms with Crippen LogP contribution in [0.25, 0.3) is 0 Å². The summed E-state index contributed by atoms with van der Waals surface area (Å²) in [6.07, 6.45) is 2.61. The molecular formula is C15H26N4O. The number of anilines is 2. The van der Waals surface area contributed by atoms with E-state index in [9.17, 15) is 0 Å². The molecule has 0 bridgehead atoms. The first-order valence-corrected chi connectivity index (χ1v) is 7.53. The van der Waals surface area contributed by atoms with Crippen LogP contribution in [0, 0.1) is 5.92 Å². The van der Waals surface area contributed by atoms with Crippen LogP contribution in [0.3, 0.4) is 0 Å². The van der Waals surface area contributed by atoms with Gasteiger partial charge in [-0.1, -0.05) is 0 Å². The van der Waals surface area contributed by atoms with Crippen molar-refractivity contribution in [2.24, 2.45) is 5.92 Å². The second kappa shape index (κ2) is 6.39. The lowest BCUT2D eigenvalue weighted by Gasteiger charge is -2.27. The Hall–Kier alpha value is -1.36. The molecule has 0 aliphatic heterocycles. The van der Waals surface area contributed by atoms with Gasteiger partial charge in [0, 0.05) is 24.8 Å². The fourth-order valence-corrected chi connectivity index (χ4v) is 2.33. The number of ether oxygens (including phenoxy) is 1. The molecule has 1 aromatic rings. The van der Waals surface area contributed by atoms with Crippen LogP contribution in [-0.4, -0.2) is 28.7 Å². The molecule has 2 N–H and O–H groups in total. The monoisotopic (exact) mass is 278 g/mol. The van der Waals surface area contributed by atoms with E-state index in [0.29, 0.717) is 13.2 Å². The van der Waals surface area contributed by atoms with Gasteiger partial charge in [-0.3, -0.25) is 0 Å². The van der Waals surface area contributed by atoms with E-state index in [4.69, 9.17) is 4.74 Å². The highest BCUT2D eigenvalue weighted by Gasteiger charge is 2.37. The first-order chi connectivity index (χ1) is 9.55. The van der Waals surface area contributed by atoms with Gasteiger partial charge in [-0.05, 0) is 46.5 Å². The molecule has 0 atom stereocenters. The summed E-state index contributed by atoms with van der Waals surface area (Å²) in [6.45, 7) is 10.5. The van der Waals surface area contributed by atoms with E-state index in [1.54, 1.807) is 0 Å². The molecule has 1 aliphatic rings. The van der Waals surface area contributed by atoms with Gasteiger partial charge in [-0.15, -0.1) is 0 Å². The minimum atomic E-state index is 0.0840. The molecule has 0 amide bonds. The zero-order valence-corrected chi connectivity index (χ0v) is 13.0. The van der Waals surface area contributed by atoms with Crippen molar-refractivity contribution < 1.29 is 4.74 Å². The summed E-state index contributed by atoms with van der Waals surface area (Å²) >= 11 is 0. The lowest BCUT2D eigenvalue weighted by Crippen LogP contribution is -2.33. The van der Waals surface area contributed by atoms with E-state index in [1.807, 2.05) is 13.0 Å². The summed E-state index contributed by atoms with van der Waals surface area (Å²) in [4.78, 5) is 9.03. The molecule has 1 fully saturated rings. The average molecular weight is 278 g/mol. The molecular weight excluding hydrogens is 252 g/mol. The van der Waals surface area contributed by atoms with E-state index in [0.717, 1.165) is 29.9 Å². The third-order valence-corrected chi connectivity index (χ3v) is 3.61. The second-order valence-electron chi connectivity index (χ2n) is 5.84. The maximum atomic E-state index is 5.42. The molecule has 1 aliphatic carbocycles. The van der Waals surface area contributed by atoms with Crippen LogP contribution in [0.1, 0.15) is 46.4 Å². The largest absolute Gasteiger partial charge is 0.374 e. The van der Waals surface area contributed by atoms with Crippen LogP contribution in [0.15, 0.2) is 6.07 Å². The van der Waals surface area contributed by atoms with E-state index in [-0.39, 0.29) is 5.54 Å². The van der Waals surface area contributed by atoms with Crippen molar-refractivity contribution in [1.29, 1.82) is 0 Å². The second-order valence-corrected chi connectivity index (χ2v) is 5.84. The third kappa shape index (κ3) is 4.07. The van der Waals surface area contributed by atoms with Gasteiger partial charge in [0.1, 0.15) is 18.2 Å². The van der Waals surface area contributed by atoms with Crippen molar-refractivity contribution in [2.75, 3.05) is 23.8 Å². The fraction of sp³-hybridized carbons (Fsp3) is 0.733. The van der Waals surface area contributed by atoms with Crippen LogP contribution in [0.5, 0.6) is 0 Å². The van der Waals surface area contributed by atoms with E-state index < -0.39 is 0 Å². The highest BCUT2D eigenvalue weighted by molar-refractivity contribution is 5.49. The number of hydrogen-bond acceptors (Lipinski definition) is 5. The zero-order valence-electron chi connectivity index (χ0n) is 13.0. The average Bonchev–Trinajstić information content (AvgIpc) is 3.20. The summed E-state index contributed by atoms with van der Waals surface area (Å²) in [5.74, 6) is 3.20. The smallest absolute Gasteiger partial charge is 0.158 e. The van der Waals surface area contributed by atoms with Gasteiger partial charge >= 0.3 is 0 Å². The standard InChI is InChI=1S/C15H26N4O/c1-5-16-12-9-13(18-14(17-12)10-20-6-2)19-15(3,4)11-7-8-11/h9,11H,5-8,10H2,1-4H3,(H2,16,17,18,19). The molecule has 1 heterocycles. The van der Waals surface area contributed by atoms with Gasteiger partial charge < -0.3 is 15.4 Å². The first-order valence-electron chi connectivity index (χ1n) is 7.53. The van der Waals surface area contributed by atoms with Gasteiger partial charge in [0.2, 0.25) is 0 Å². The number of rotatable bonds is 8. The molecule has 0 aromatic carbocycles. The van der Waals surface area contributed by atoms with Crippen molar-refractivity contribution in [3.05, 3.63) is 11.9 Å². The minimum absolute atomic E-state index is 0.0840. The Labute approximate surface area is 121 Å². The van der Waals surface area contributed by atoms with Crippen LogP contribution in [0.4, 0.5) is 11.6 Å². The van der Waals surface area contributed by atoms with Crippen LogP contribution < -0.4 is 10.6 Å². The topological polar surface area (TPSA) is 59.1 Å². The molecule has 1 aromatic heterocycles. The van der Waals surface area contributed by atoms with E-state index in [2.05, 4.69) is 41.4 Å². The van der Waals surface area contributed by atoms with Gasteiger partial charge in [0.05, 0.1) is 0 Å². The lowest BCUT2D eigenvalue weighted by atomic mass is 9.99. The first kappa shape index (κ1) is 15.0. The molecule has 112 valence electrons. The van der Waals surface area contributed by atoms with Crippen molar-refractivity contribution in [2.45, 2.75) is 52.7 Å². The van der Waals surface area contributed by atoms with Crippen LogP contribution >= 0.6 is 0 Å². The summed E-state index contributed by atoms with van der Waals surface area (Å²) < 4.78 is 5.42. The van der Waals surface area contributed by atoms with Crippen LogP contribution in [-0.2, 0) is 11.3 Å². The molecule has 0 radical (unpaired) electrons. The number of nitrogens with zero attached hydrogens (tertiary/aromatic N) is 2. The maximum Gasteiger partial charge on any atom is 0.158 e. The van der Waals surface area contributed by atoms with Crippen molar-refractivity contribution in [3.63, 3.8) is 0 Å². The Kier molecular flexibility index (Phi) is 4.81. The summed E-state index contributed by atoms with van der Waals surface area (Å²) in [5, 5.41) is 6.80. The number of aromatic nitrogens is 2. The molecule has 20 heavy (non-hydrogen) atoms. The predicted octanol–water partition coefficient (Wildman–Crippen LogP) is 3.05. The molecule has 0 saturated heterocycles. The normalized spacial score (nSPS) is 15.2. The SMILES string of the molecule is CCNc1cc(NC(C)(C)C2CC2)nc(COCC)n1. The number of hydrogen-bond donors (Lipinski definition) is 2. The van der Waals surface area contributed by atoms with Crippen LogP contribution in [0.2, 0.25) is 0 Å². The van der Waals surface area contributed by atoms with E-state index in [1.165, 1.54) is 12.8 Å². The summed E-state index contributed by atoms with van der Waals surface area (Å²) in [6, 6.07) is 1.98. The Morgan fingerprint density at radius 1 is 1.25 bits per heavy atom. The van der Waals surface area contributed by atoms with Gasteiger partial charge in [-0.2, -0.15) is 0 Å². The molecule has 5 nitrogen and oxygen atoms in total. The maximum absolute atomic E-state index is 5.42. The lowest BCUT2D eigenvalue weighted by molar-refractivity contribution is 0.128. The number of nitrogens with one attached hydrogen (secondary N) is 2. The van der Waals surface area contributed by atoms with Crippen molar-refractivity contribution in [3.8, 4) is 0 Å². The van der Waals surface area contributed by atoms with Gasteiger partial charge in [-0.25, -0.2) is 9.97 Å². The Morgan fingerprint density at radius 3 is 2.55 bits per heavy atom. The zero-order chi connectivity index (χ0) is 14.6. The Balaban J connectivity index is 2.14. The summed E-state index contributed by atoms with van der Waals surface area (Å²) in [5.41, 5.74) is 0.0840. The summed E-state index contributed by atoms with van der Waals surface area (Å²) in [7, 11) is 0. The Bertz CT molecular complexity index is 443. The molecule has 5 heteroatoms. The molecule has 0 unspecified atom stereocenters. The van der Waals surface area contributed by atoms with Crippen molar-refractivity contribution in [1.82, 2.24) is 9.97 Å². The Morgan fingerprint density at radius 2 is 1.95 bits per heavy atom. The van der Waals surface area contributed by atoms with E-state index >= 15 is 0 Å². The minimum Gasteiger partial charge on any atom is -0.374 e. The third-order valence-electron chi connectivity index (χ3n) is 3.61. The molecule has 0 spiro atoms. The molecule has 1 saturated carbocycles. The highest BCUT2D eigenvalue weighted by Crippen LogP contribution is 2.40. The van der Waals surface area contributed by atoms with Gasteiger partial charge in [0.15, 0.2) is 5.82 Å². The van der Waals surface area contributed by atoms with Gasteiger partial charge in [0.25, 0.3) is 0 Å². The molecule has 2 rings (SSSR count).